The van der Waals surface area contributed by atoms with Gasteiger partial charge in [-0.05, 0) is 19.3 Å². The Hall–Kier alpha value is 0.440. The first-order valence-corrected chi connectivity index (χ1v) is 5.20. The van der Waals surface area contributed by atoms with E-state index in [9.17, 15) is 0 Å². The molecule has 68 valence electrons. The molecular formula is C9H19BrO. The van der Waals surface area contributed by atoms with E-state index in [0.29, 0.717) is 10.9 Å². The molecule has 0 spiro atoms. The van der Waals surface area contributed by atoms with Crippen molar-refractivity contribution in [2.75, 3.05) is 7.11 Å². The summed E-state index contributed by atoms with van der Waals surface area (Å²) in [6, 6.07) is 0. The summed E-state index contributed by atoms with van der Waals surface area (Å²) in [4.78, 5) is 0.602. The molecule has 0 heterocycles. The minimum atomic E-state index is 0.389. The molecule has 2 heteroatoms. The van der Waals surface area contributed by atoms with Crippen molar-refractivity contribution < 1.29 is 4.74 Å². The van der Waals surface area contributed by atoms with Crippen LogP contribution in [-0.4, -0.2) is 18.0 Å². The smallest absolute Gasteiger partial charge is 0.0546 e. The van der Waals surface area contributed by atoms with Crippen molar-refractivity contribution >= 4 is 15.9 Å². The summed E-state index contributed by atoms with van der Waals surface area (Å²) >= 11 is 3.60. The third-order valence-electron chi connectivity index (χ3n) is 2.21. The van der Waals surface area contributed by atoms with Gasteiger partial charge < -0.3 is 4.74 Å². The van der Waals surface area contributed by atoms with Crippen LogP contribution in [0.25, 0.3) is 0 Å². The zero-order valence-electron chi connectivity index (χ0n) is 7.93. The average molecular weight is 223 g/mol. The van der Waals surface area contributed by atoms with Gasteiger partial charge >= 0.3 is 0 Å². The lowest BCUT2D eigenvalue weighted by molar-refractivity contribution is 0.0946. The highest BCUT2D eigenvalue weighted by atomic mass is 79.9. The van der Waals surface area contributed by atoms with Crippen molar-refractivity contribution in [3.63, 3.8) is 0 Å². The third kappa shape index (κ3) is 4.81. The molecule has 0 aliphatic rings. The van der Waals surface area contributed by atoms with Crippen molar-refractivity contribution in [1.82, 2.24) is 0 Å². The van der Waals surface area contributed by atoms with Crippen LogP contribution in [0.15, 0.2) is 0 Å². The molecule has 0 radical (unpaired) electrons. The fraction of sp³-hybridized carbons (Fsp3) is 1.00. The molecule has 0 amide bonds. The fourth-order valence-corrected chi connectivity index (χ4v) is 1.79. The van der Waals surface area contributed by atoms with Crippen LogP contribution < -0.4 is 0 Å². The molecule has 0 aromatic heterocycles. The number of ether oxygens (including phenoxy) is 1. The Morgan fingerprint density at radius 3 is 2.18 bits per heavy atom. The highest BCUT2D eigenvalue weighted by Gasteiger charge is 2.15. The van der Waals surface area contributed by atoms with Crippen LogP contribution in [0.4, 0.5) is 0 Å². The summed E-state index contributed by atoms with van der Waals surface area (Å²) in [7, 11) is 1.77. The average Bonchev–Trinajstić information content (AvgIpc) is 1.99. The van der Waals surface area contributed by atoms with Crippen LogP contribution >= 0.6 is 15.9 Å². The minimum Gasteiger partial charge on any atom is -0.382 e. The van der Waals surface area contributed by atoms with Crippen LogP contribution in [0.1, 0.15) is 33.6 Å². The van der Waals surface area contributed by atoms with E-state index in [1.165, 1.54) is 6.42 Å². The summed E-state index contributed by atoms with van der Waals surface area (Å²) in [6.07, 6.45) is 2.76. The summed E-state index contributed by atoms with van der Waals surface area (Å²) in [5.74, 6) is 0.741. The second kappa shape index (κ2) is 6.01. The Bertz CT molecular complexity index is 93.6. The predicted octanol–water partition coefficient (Wildman–Crippen LogP) is 3.22. The van der Waals surface area contributed by atoms with Crippen LogP contribution in [0.3, 0.4) is 0 Å². The lowest BCUT2D eigenvalue weighted by Gasteiger charge is -2.20. The van der Waals surface area contributed by atoms with E-state index < -0.39 is 0 Å². The summed E-state index contributed by atoms with van der Waals surface area (Å²) < 4.78 is 5.21. The lowest BCUT2D eigenvalue weighted by Crippen LogP contribution is -2.17. The molecule has 0 saturated carbocycles. The Kier molecular flexibility index (Phi) is 6.25. The molecule has 0 saturated heterocycles. The molecule has 0 aromatic carbocycles. The van der Waals surface area contributed by atoms with Gasteiger partial charge in [-0.2, -0.15) is 0 Å². The lowest BCUT2D eigenvalue weighted by atomic mass is 9.97. The largest absolute Gasteiger partial charge is 0.382 e. The molecule has 3 atom stereocenters. The van der Waals surface area contributed by atoms with E-state index in [0.717, 1.165) is 12.3 Å². The Morgan fingerprint density at radius 1 is 1.36 bits per heavy atom. The van der Waals surface area contributed by atoms with Gasteiger partial charge in [-0.25, -0.2) is 0 Å². The number of halogens is 1. The van der Waals surface area contributed by atoms with Gasteiger partial charge in [0.2, 0.25) is 0 Å². The van der Waals surface area contributed by atoms with E-state index in [-0.39, 0.29) is 0 Å². The van der Waals surface area contributed by atoms with Crippen LogP contribution in [0.5, 0.6) is 0 Å². The van der Waals surface area contributed by atoms with E-state index in [2.05, 4.69) is 36.7 Å². The van der Waals surface area contributed by atoms with Crippen LogP contribution in [0, 0.1) is 5.92 Å². The number of alkyl halides is 1. The first kappa shape index (κ1) is 11.4. The number of rotatable bonds is 5. The molecule has 11 heavy (non-hydrogen) atoms. The van der Waals surface area contributed by atoms with Gasteiger partial charge in [0, 0.05) is 11.9 Å². The monoisotopic (exact) mass is 222 g/mol. The Balaban J connectivity index is 3.68. The molecule has 0 N–H and O–H groups in total. The number of methoxy groups -OCH3 is 1. The molecule has 3 unspecified atom stereocenters. The zero-order valence-corrected chi connectivity index (χ0v) is 9.52. The molecule has 0 bridgehead atoms. The predicted molar refractivity (Wildman–Crippen MR) is 53.3 cm³/mol. The van der Waals surface area contributed by atoms with Gasteiger partial charge in [-0.15, -0.1) is 0 Å². The maximum atomic E-state index is 5.21. The minimum absolute atomic E-state index is 0.389. The number of hydrogen-bond donors (Lipinski definition) is 0. The fourth-order valence-electron chi connectivity index (χ4n) is 1.20. The molecule has 0 aromatic rings. The maximum absolute atomic E-state index is 5.21. The summed E-state index contributed by atoms with van der Waals surface area (Å²) in [5.41, 5.74) is 0. The van der Waals surface area contributed by atoms with Crippen LogP contribution in [-0.2, 0) is 4.74 Å². The second-order valence-electron chi connectivity index (χ2n) is 3.13. The topological polar surface area (TPSA) is 9.23 Å². The van der Waals surface area contributed by atoms with Gasteiger partial charge in [0.15, 0.2) is 0 Å². The van der Waals surface area contributed by atoms with Gasteiger partial charge in [-0.1, -0.05) is 36.2 Å². The molecule has 0 rings (SSSR count). The van der Waals surface area contributed by atoms with E-state index >= 15 is 0 Å². The maximum Gasteiger partial charge on any atom is 0.0546 e. The normalized spacial score (nSPS) is 19.4. The quantitative estimate of drug-likeness (QED) is 0.650. The van der Waals surface area contributed by atoms with Gasteiger partial charge in [0.1, 0.15) is 0 Å². The number of hydrogen-bond acceptors (Lipinski definition) is 1. The highest BCUT2D eigenvalue weighted by molar-refractivity contribution is 9.09. The van der Waals surface area contributed by atoms with Crippen molar-refractivity contribution in [1.29, 1.82) is 0 Å². The van der Waals surface area contributed by atoms with Crippen molar-refractivity contribution in [2.24, 2.45) is 5.92 Å². The van der Waals surface area contributed by atoms with E-state index in [4.69, 9.17) is 4.74 Å². The first-order chi connectivity index (χ1) is 5.11. The van der Waals surface area contributed by atoms with Gasteiger partial charge in [0.05, 0.1) is 6.10 Å². The third-order valence-corrected chi connectivity index (χ3v) is 2.96. The second-order valence-corrected chi connectivity index (χ2v) is 4.57. The Morgan fingerprint density at radius 2 is 1.91 bits per heavy atom. The standard InChI is InChI=1S/C9H19BrO/c1-5-9(8(3)10)6-7(2)11-4/h7-9H,5-6H2,1-4H3. The van der Waals surface area contributed by atoms with Crippen molar-refractivity contribution in [3.05, 3.63) is 0 Å². The first-order valence-electron chi connectivity index (χ1n) is 4.28. The van der Waals surface area contributed by atoms with E-state index in [1.54, 1.807) is 7.11 Å². The molecular weight excluding hydrogens is 204 g/mol. The molecule has 1 nitrogen and oxygen atoms in total. The van der Waals surface area contributed by atoms with Gasteiger partial charge in [-0.3, -0.25) is 0 Å². The molecule has 0 aliphatic heterocycles. The van der Waals surface area contributed by atoms with Gasteiger partial charge in [0.25, 0.3) is 0 Å². The highest BCUT2D eigenvalue weighted by Crippen LogP contribution is 2.22. The molecule has 0 aliphatic carbocycles. The Labute approximate surface area is 78.6 Å². The molecule has 0 fully saturated rings. The SMILES string of the molecule is CCC(CC(C)OC)C(C)Br. The van der Waals surface area contributed by atoms with Crippen molar-refractivity contribution in [2.45, 2.75) is 44.5 Å². The summed E-state index contributed by atoms with van der Waals surface area (Å²) in [5, 5.41) is 0. The van der Waals surface area contributed by atoms with Crippen LogP contribution in [0.2, 0.25) is 0 Å². The van der Waals surface area contributed by atoms with Crippen molar-refractivity contribution in [3.8, 4) is 0 Å². The van der Waals surface area contributed by atoms with E-state index in [1.807, 2.05) is 0 Å². The zero-order chi connectivity index (χ0) is 8.85. The summed E-state index contributed by atoms with van der Waals surface area (Å²) in [6.45, 7) is 6.55.